The van der Waals surface area contributed by atoms with Gasteiger partial charge in [-0.1, -0.05) is 13.8 Å². The molecule has 0 saturated carbocycles. The zero-order chi connectivity index (χ0) is 21.5. The SMILES string of the molecule is CC(C)C[C@H]1CN(c2ccc(C(F)(F)F)c(-c3[nH]nc4ncccc34)n2)CC[C@H]1O. The Bertz CT molecular complexity index is 1030. The van der Waals surface area contributed by atoms with E-state index in [1.165, 1.54) is 12.3 Å². The summed E-state index contributed by atoms with van der Waals surface area (Å²) in [6.45, 7) is 5.29. The number of nitrogens with zero attached hydrogens (tertiary/aromatic N) is 4. The number of anilines is 1. The second-order valence-electron chi connectivity index (χ2n) is 8.23. The van der Waals surface area contributed by atoms with Crippen LogP contribution in [0.2, 0.25) is 0 Å². The summed E-state index contributed by atoms with van der Waals surface area (Å²) in [5, 5.41) is 17.5. The van der Waals surface area contributed by atoms with Crippen LogP contribution in [0.5, 0.6) is 0 Å². The summed E-state index contributed by atoms with van der Waals surface area (Å²) >= 11 is 0. The molecule has 0 amide bonds. The van der Waals surface area contributed by atoms with Gasteiger partial charge in [-0.3, -0.25) is 5.10 Å². The first-order chi connectivity index (χ1) is 14.2. The average molecular weight is 419 g/mol. The molecule has 0 bridgehead atoms. The van der Waals surface area contributed by atoms with E-state index in [0.717, 1.165) is 12.5 Å². The van der Waals surface area contributed by atoms with Gasteiger partial charge in [-0.15, -0.1) is 0 Å². The Kier molecular flexibility index (Phi) is 5.40. The number of aromatic nitrogens is 4. The third-order valence-electron chi connectivity index (χ3n) is 5.54. The highest BCUT2D eigenvalue weighted by atomic mass is 19.4. The number of alkyl halides is 3. The Labute approximate surface area is 172 Å². The van der Waals surface area contributed by atoms with Crippen LogP contribution in [0.1, 0.15) is 32.3 Å². The van der Waals surface area contributed by atoms with Gasteiger partial charge in [0.15, 0.2) is 5.65 Å². The van der Waals surface area contributed by atoms with E-state index in [2.05, 4.69) is 34.0 Å². The van der Waals surface area contributed by atoms with Crippen molar-refractivity contribution in [2.45, 2.75) is 39.0 Å². The number of rotatable bonds is 4. The molecule has 6 nitrogen and oxygen atoms in total. The summed E-state index contributed by atoms with van der Waals surface area (Å²) in [5.41, 5.74) is -0.479. The van der Waals surface area contributed by atoms with Crippen LogP contribution < -0.4 is 4.90 Å². The van der Waals surface area contributed by atoms with Crippen molar-refractivity contribution in [2.24, 2.45) is 11.8 Å². The maximum atomic E-state index is 13.7. The molecular weight excluding hydrogens is 395 g/mol. The first-order valence-corrected chi connectivity index (χ1v) is 10.0. The minimum Gasteiger partial charge on any atom is -0.393 e. The highest BCUT2D eigenvalue weighted by molar-refractivity contribution is 5.90. The van der Waals surface area contributed by atoms with Crippen LogP contribution in [0.4, 0.5) is 19.0 Å². The predicted molar refractivity (Wildman–Crippen MR) is 108 cm³/mol. The molecule has 0 aliphatic carbocycles. The molecule has 0 unspecified atom stereocenters. The van der Waals surface area contributed by atoms with Crippen LogP contribution in [0, 0.1) is 11.8 Å². The van der Waals surface area contributed by atoms with Gasteiger partial charge in [0, 0.05) is 30.6 Å². The number of fused-ring (bicyclic) bond motifs is 1. The lowest BCUT2D eigenvalue weighted by atomic mass is 9.87. The van der Waals surface area contributed by atoms with E-state index in [1.807, 2.05) is 4.90 Å². The van der Waals surface area contributed by atoms with Crippen molar-refractivity contribution >= 4 is 16.9 Å². The Balaban J connectivity index is 1.76. The Morgan fingerprint density at radius 2 is 2.07 bits per heavy atom. The lowest BCUT2D eigenvalue weighted by molar-refractivity contribution is -0.137. The first-order valence-electron chi connectivity index (χ1n) is 10.0. The molecule has 4 heterocycles. The molecule has 1 aliphatic heterocycles. The number of H-pyrrole nitrogens is 1. The van der Waals surface area contributed by atoms with Crippen LogP contribution in [0.25, 0.3) is 22.4 Å². The monoisotopic (exact) mass is 419 g/mol. The number of pyridine rings is 2. The highest BCUT2D eigenvalue weighted by Gasteiger charge is 2.37. The van der Waals surface area contributed by atoms with Crippen molar-refractivity contribution in [3.8, 4) is 11.4 Å². The maximum absolute atomic E-state index is 13.7. The van der Waals surface area contributed by atoms with E-state index >= 15 is 0 Å². The highest BCUT2D eigenvalue weighted by Crippen LogP contribution is 2.39. The minimum atomic E-state index is -4.56. The maximum Gasteiger partial charge on any atom is 0.418 e. The molecule has 1 aliphatic rings. The van der Waals surface area contributed by atoms with Gasteiger partial charge in [-0.2, -0.15) is 18.3 Å². The Hall–Kier alpha value is -2.68. The quantitative estimate of drug-likeness (QED) is 0.660. The van der Waals surface area contributed by atoms with Crippen molar-refractivity contribution in [3.63, 3.8) is 0 Å². The number of nitrogens with one attached hydrogen (secondary N) is 1. The van der Waals surface area contributed by atoms with Gasteiger partial charge in [-0.05, 0) is 43.0 Å². The number of aliphatic hydroxyl groups is 1. The third kappa shape index (κ3) is 3.98. The molecular formula is C21H24F3N5O. The van der Waals surface area contributed by atoms with Gasteiger partial charge in [0.2, 0.25) is 0 Å². The summed E-state index contributed by atoms with van der Waals surface area (Å²) in [6.07, 6.45) is -2.01. The number of hydrogen-bond donors (Lipinski definition) is 2. The van der Waals surface area contributed by atoms with Gasteiger partial charge >= 0.3 is 6.18 Å². The lowest BCUT2D eigenvalue weighted by Gasteiger charge is -2.38. The summed E-state index contributed by atoms with van der Waals surface area (Å²) in [7, 11) is 0. The van der Waals surface area contributed by atoms with Crippen molar-refractivity contribution < 1.29 is 18.3 Å². The molecule has 4 rings (SSSR count). The van der Waals surface area contributed by atoms with E-state index in [4.69, 9.17) is 0 Å². The zero-order valence-corrected chi connectivity index (χ0v) is 16.8. The molecule has 160 valence electrons. The number of halogens is 3. The molecule has 30 heavy (non-hydrogen) atoms. The summed E-state index contributed by atoms with van der Waals surface area (Å²) in [5.74, 6) is 0.943. The second-order valence-corrected chi connectivity index (χ2v) is 8.23. The van der Waals surface area contributed by atoms with Gasteiger partial charge in [0.1, 0.15) is 11.5 Å². The first kappa shape index (κ1) is 20.6. The van der Waals surface area contributed by atoms with Gasteiger partial charge < -0.3 is 10.0 Å². The largest absolute Gasteiger partial charge is 0.418 e. The second kappa shape index (κ2) is 7.86. The lowest BCUT2D eigenvalue weighted by Crippen LogP contribution is -2.44. The molecule has 2 atom stereocenters. The average Bonchev–Trinajstić information content (AvgIpc) is 3.12. The molecule has 0 radical (unpaired) electrons. The minimum absolute atomic E-state index is 0.0588. The molecule has 0 aromatic carbocycles. The van der Waals surface area contributed by atoms with Crippen LogP contribution >= 0.6 is 0 Å². The molecule has 2 N–H and O–H groups in total. The van der Waals surface area contributed by atoms with Gasteiger partial charge in [0.25, 0.3) is 0 Å². The van der Waals surface area contributed by atoms with Crippen LogP contribution in [-0.2, 0) is 6.18 Å². The van der Waals surface area contributed by atoms with Gasteiger partial charge in [0.05, 0.1) is 17.4 Å². The molecule has 9 heteroatoms. The van der Waals surface area contributed by atoms with Crippen molar-refractivity contribution in [3.05, 3.63) is 36.0 Å². The van der Waals surface area contributed by atoms with Crippen molar-refractivity contribution in [2.75, 3.05) is 18.0 Å². The van der Waals surface area contributed by atoms with E-state index in [0.29, 0.717) is 42.3 Å². The van der Waals surface area contributed by atoms with Crippen LogP contribution in [-0.4, -0.2) is 44.5 Å². The van der Waals surface area contributed by atoms with Crippen molar-refractivity contribution in [1.29, 1.82) is 0 Å². The summed E-state index contributed by atoms with van der Waals surface area (Å²) < 4.78 is 41.2. The fraction of sp³-hybridized carbons (Fsp3) is 0.476. The molecule has 0 spiro atoms. The summed E-state index contributed by atoms with van der Waals surface area (Å²) in [6, 6.07) is 5.81. The zero-order valence-electron chi connectivity index (χ0n) is 16.8. The standard InChI is InChI=1S/C21H24F3N5O/c1-12(2)10-13-11-29(9-7-16(13)30)17-6-5-15(21(22,23)24)19(26-17)18-14-4-3-8-25-20(14)28-27-18/h3-6,8,12-13,16,30H,7,9-11H2,1-2H3,(H,25,27,28)/t13-,16+/m0/s1. The fourth-order valence-electron chi connectivity index (χ4n) is 4.14. The topological polar surface area (TPSA) is 77.9 Å². The molecule has 1 fully saturated rings. The number of aliphatic hydroxyl groups excluding tert-OH is 1. The Morgan fingerprint density at radius 3 is 2.80 bits per heavy atom. The number of piperidine rings is 1. The molecule has 3 aromatic rings. The van der Waals surface area contributed by atoms with E-state index in [1.54, 1.807) is 12.1 Å². The summed E-state index contributed by atoms with van der Waals surface area (Å²) in [4.78, 5) is 10.5. The number of hydrogen-bond acceptors (Lipinski definition) is 5. The molecule has 1 saturated heterocycles. The Morgan fingerprint density at radius 1 is 1.27 bits per heavy atom. The third-order valence-corrected chi connectivity index (χ3v) is 5.54. The van der Waals surface area contributed by atoms with Crippen LogP contribution in [0.15, 0.2) is 30.5 Å². The number of aromatic amines is 1. The van der Waals surface area contributed by atoms with E-state index in [9.17, 15) is 18.3 Å². The predicted octanol–water partition coefficient (Wildman–Crippen LogP) is 4.27. The van der Waals surface area contributed by atoms with Crippen molar-refractivity contribution in [1.82, 2.24) is 20.2 Å². The van der Waals surface area contributed by atoms with E-state index < -0.39 is 17.8 Å². The normalized spacial score (nSPS) is 20.3. The van der Waals surface area contributed by atoms with Crippen LogP contribution in [0.3, 0.4) is 0 Å². The fourth-order valence-corrected chi connectivity index (χ4v) is 4.14. The molecule has 3 aromatic heterocycles. The van der Waals surface area contributed by atoms with E-state index in [-0.39, 0.29) is 17.3 Å². The van der Waals surface area contributed by atoms with Gasteiger partial charge in [-0.25, -0.2) is 9.97 Å². The smallest absolute Gasteiger partial charge is 0.393 e.